The molecule has 0 saturated carbocycles. The molecule has 144 valence electrons. The van der Waals surface area contributed by atoms with Crippen LogP contribution in [-0.2, 0) is 4.79 Å². The largest absolute Gasteiger partial charge is 0.480 e. The Balaban J connectivity index is 1.63. The molecule has 0 spiro atoms. The Morgan fingerprint density at radius 1 is 0.929 bits per heavy atom. The van der Waals surface area contributed by atoms with Gasteiger partial charge in [-0.25, -0.2) is 0 Å². The van der Waals surface area contributed by atoms with E-state index in [2.05, 4.69) is 5.32 Å². The van der Waals surface area contributed by atoms with E-state index in [9.17, 15) is 4.79 Å². The average molecular weight is 375 g/mol. The van der Waals surface area contributed by atoms with Gasteiger partial charge in [-0.2, -0.15) is 0 Å². The van der Waals surface area contributed by atoms with Crippen LogP contribution in [0.5, 0.6) is 17.2 Å². The van der Waals surface area contributed by atoms with E-state index in [1.54, 1.807) is 0 Å². The molecule has 0 aromatic heterocycles. The van der Waals surface area contributed by atoms with Gasteiger partial charge in [0.05, 0.1) is 0 Å². The van der Waals surface area contributed by atoms with Crippen LogP contribution >= 0.6 is 0 Å². The van der Waals surface area contributed by atoms with Gasteiger partial charge >= 0.3 is 0 Å². The number of para-hydroxylation sites is 1. The minimum Gasteiger partial charge on any atom is -0.480 e. The lowest BCUT2D eigenvalue weighted by Crippen LogP contribution is -2.32. The zero-order valence-corrected chi connectivity index (χ0v) is 16.4. The van der Waals surface area contributed by atoms with Crippen molar-refractivity contribution in [1.82, 2.24) is 0 Å². The van der Waals surface area contributed by atoms with Crippen LogP contribution in [0.3, 0.4) is 0 Å². The first-order chi connectivity index (χ1) is 13.5. The van der Waals surface area contributed by atoms with Crippen molar-refractivity contribution < 1.29 is 14.3 Å². The van der Waals surface area contributed by atoms with Crippen LogP contribution in [0.2, 0.25) is 0 Å². The molecule has 3 rings (SSSR count). The van der Waals surface area contributed by atoms with Crippen molar-refractivity contribution in [2.75, 3.05) is 5.32 Å². The Labute approximate surface area is 166 Å². The molecule has 0 heterocycles. The van der Waals surface area contributed by atoms with Crippen LogP contribution in [0, 0.1) is 13.8 Å². The second kappa shape index (κ2) is 9.09. The number of carbonyl (C=O) groups is 1. The Kier molecular flexibility index (Phi) is 6.33. The highest BCUT2D eigenvalue weighted by Crippen LogP contribution is 2.24. The molecule has 1 N–H and O–H groups in total. The minimum atomic E-state index is -0.555. The van der Waals surface area contributed by atoms with Gasteiger partial charge in [0.2, 0.25) is 0 Å². The van der Waals surface area contributed by atoms with Crippen LogP contribution < -0.4 is 14.8 Å². The van der Waals surface area contributed by atoms with Gasteiger partial charge < -0.3 is 14.8 Å². The first kappa shape index (κ1) is 19.5. The van der Waals surface area contributed by atoms with Crippen molar-refractivity contribution in [3.8, 4) is 17.2 Å². The highest BCUT2D eigenvalue weighted by molar-refractivity contribution is 5.94. The van der Waals surface area contributed by atoms with E-state index in [0.29, 0.717) is 17.9 Å². The lowest BCUT2D eigenvalue weighted by atomic mass is 10.1. The first-order valence-corrected chi connectivity index (χ1v) is 9.43. The number of benzene rings is 3. The molecule has 3 aromatic carbocycles. The Hall–Kier alpha value is -3.27. The minimum absolute atomic E-state index is 0.167. The highest BCUT2D eigenvalue weighted by atomic mass is 16.5. The lowest BCUT2D eigenvalue weighted by molar-refractivity contribution is -0.122. The number of anilines is 1. The molecule has 0 aliphatic carbocycles. The molecule has 0 unspecified atom stereocenters. The van der Waals surface area contributed by atoms with E-state index in [4.69, 9.17) is 9.47 Å². The number of rotatable bonds is 7. The Morgan fingerprint density at radius 2 is 1.61 bits per heavy atom. The highest BCUT2D eigenvalue weighted by Gasteiger charge is 2.19. The van der Waals surface area contributed by atoms with Gasteiger partial charge in [-0.3, -0.25) is 4.79 Å². The molecule has 1 amide bonds. The van der Waals surface area contributed by atoms with Crippen molar-refractivity contribution in [3.05, 3.63) is 83.9 Å². The number of nitrogens with one attached hydrogen (secondary N) is 1. The number of carbonyl (C=O) groups excluding carboxylic acids is 1. The average Bonchev–Trinajstić information content (AvgIpc) is 2.70. The van der Waals surface area contributed by atoms with Gasteiger partial charge in [0.25, 0.3) is 5.91 Å². The van der Waals surface area contributed by atoms with Gasteiger partial charge in [0, 0.05) is 5.69 Å². The maximum atomic E-state index is 12.7. The van der Waals surface area contributed by atoms with E-state index in [0.717, 1.165) is 22.6 Å². The summed E-state index contributed by atoms with van der Waals surface area (Å²) < 4.78 is 11.7. The van der Waals surface area contributed by atoms with Crippen LogP contribution in [0.25, 0.3) is 0 Å². The number of hydrogen-bond acceptors (Lipinski definition) is 3. The van der Waals surface area contributed by atoms with E-state index < -0.39 is 6.10 Å². The summed E-state index contributed by atoms with van der Waals surface area (Å²) in [5.41, 5.74) is 2.82. The number of amides is 1. The monoisotopic (exact) mass is 375 g/mol. The topological polar surface area (TPSA) is 47.6 Å². The van der Waals surface area contributed by atoms with Gasteiger partial charge in [0.15, 0.2) is 6.10 Å². The first-order valence-electron chi connectivity index (χ1n) is 9.43. The van der Waals surface area contributed by atoms with Crippen LogP contribution in [0.4, 0.5) is 5.69 Å². The van der Waals surface area contributed by atoms with Crippen LogP contribution in [0.1, 0.15) is 24.5 Å². The Bertz CT molecular complexity index is 920. The zero-order valence-electron chi connectivity index (χ0n) is 16.4. The summed E-state index contributed by atoms with van der Waals surface area (Å²) in [6.07, 6.45) is 0.0229. The predicted molar refractivity (Wildman–Crippen MR) is 112 cm³/mol. The lowest BCUT2D eigenvalue weighted by Gasteiger charge is -2.19. The van der Waals surface area contributed by atoms with Crippen molar-refractivity contribution in [2.24, 2.45) is 0 Å². The molecule has 4 heteroatoms. The molecule has 0 fully saturated rings. The molecule has 28 heavy (non-hydrogen) atoms. The third kappa shape index (κ3) is 5.13. The summed E-state index contributed by atoms with van der Waals surface area (Å²) in [4.78, 5) is 12.7. The number of aryl methyl sites for hydroxylation is 2. The maximum Gasteiger partial charge on any atom is 0.265 e. The molecule has 0 aliphatic rings. The molecule has 0 saturated heterocycles. The van der Waals surface area contributed by atoms with Gasteiger partial charge in [-0.15, -0.1) is 0 Å². The second-order valence-electron chi connectivity index (χ2n) is 6.71. The summed E-state index contributed by atoms with van der Waals surface area (Å²) in [5, 5.41) is 2.92. The summed E-state index contributed by atoms with van der Waals surface area (Å²) in [6, 6.07) is 22.9. The Morgan fingerprint density at radius 3 is 2.29 bits per heavy atom. The van der Waals surface area contributed by atoms with E-state index >= 15 is 0 Å². The van der Waals surface area contributed by atoms with E-state index in [1.807, 2.05) is 93.6 Å². The smallest absolute Gasteiger partial charge is 0.265 e. The molecule has 4 nitrogen and oxygen atoms in total. The number of ether oxygens (including phenoxy) is 2. The molecule has 3 aromatic rings. The van der Waals surface area contributed by atoms with E-state index in [-0.39, 0.29) is 5.91 Å². The third-order valence-corrected chi connectivity index (χ3v) is 4.38. The van der Waals surface area contributed by atoms with Crippen molar-refractivity contribution in [2.45, 2.75) is 33.3 Å². The fourth-order valence-electron chi connectivity index (χ4n) is 2.76. The van der Waals surface area contributed by atoms with Crippen LogP contribution in [-0.4, -0.2) is 12.0 Å². The summed E-state index contributed by atoms with van der Waals surface area (Å²) >= 11 is 0. The van der Waals surface area contributed by atoms with Crippen molar-refractivity contribution in [1.29, 1.82) is 0 Å². The van der Waals surface area contributed by atoms with Crippen molar-refractivity contribution >= 4 is 11.6 Å². The van der Waals surface area contributed by atoms with Gasteiger partial charge in [-0.05, 0) is 73.9 Å². The molecule has 1 atom stereocenters. The summed E-state index contributed by atoms with van der Waals surface area (Å²) in [6.45, 7) is 5.92. The summed E-state index contributed by atoms with van der Waals surface area (Å²) in [5.74, 6) is 2.06. The normalized spacial score (nSPS) is 11.5. The fourth-order valence-corrected chi connectivity index (χ4v) is 2.76. The maximum absolute atomic E-state index is 12.7. The van der Waals surface area contributed by atoms with Gasteiger partial charge in [0.1, 0.15) is 17.2 Å². The molecule has 0 radical (unpaired) electrons. The third-order valence-electron chi connectivity index (χ3n) is 4.38. The van der Waals surface area contributed by atoms with Crippen molar-refractivity contribution in [3.63, 3.8) is 0 Å². The van der Waals surface area contributed by atoms with Crippen LogP contribution in [0.15, 0.2) is 72.8 Å². The molecule has 0 bridgehead atoms. The zero-order chi connectivity index (χ0) is 19.9. The standard InChI is InChI=1S/C24H25NO3/c1-4-22(28-23-16-17(2)10-11-18(23)3)24(26)25-19-12-14-21(15-13-19)27-20-8-6-5-7-9-20/h5-16,22H,4H2,1-3H3,(H,25,26)/t22-/m0/s1. The summed E-state index contributed by atoms with van der Waals surface area (Å²) in [7, 11) is 0. The van der Waals surface area contributed by atoms with Gasteiger partial charge in [-0.1, -0.05) is 37.3 Å². The molecular weight excluding hydrogens is 350 g/mol. The molecule has 0 aliphatic heterocycles. The van der Waals surface area contributed by atoms with E-state index in [1.165, 1.54) is 0 Å². The number of hydrogen-bond donors (Lipinski definition) is 1. The molecular formula is C24H25NO3. The SMILES string of the molecule is CC[C@H](Oc1cc(C)ccc1C)C(=O)Nc1ccc(Oc2ccccc2)cc1. The second-order valence-corrected chi connectivity index (χ2v) is 6.71. The predicted octanol–water partition coefficient (Wildman–Crippen LogP) is 5.89. The fraction of sp³-hybridized carbons (Fsp3) is 0.208. The quantitative estimate of drug-likeness (QED) is 0.560.